The maximum Gasteiger partial charge on any atom is 0.215 e. The van der Waals surface area contributed by atoms with E-state index in [1.165, 1.54) is 4.31 Å². The van der Waals surface area contributed by atoms with Gasteiger partial charge in [0.1, 0.15) is 0 Å². The Kier molecular flexibility index (Phi) is 4.11. The van der Waals surface area contributed by atoms with Gasteiger partial charge in [-0.25, -0.2) is 8.42 Å². The van der Waals surface area contributed by atoms with Crippen LogP contribution < -0.4 is 5.32 Å². The molecule has 6 heteroatoms. The molecule has 90 valence electrons. The van der Waals surface area contributed by atoms with Gasteiger partial charge in [0.05, 0.1) is 11.4 Å². The summed E-state index contributed by atoms with van der Waals surface area (Å²) >= 11 is 0. The molecule has 2 N–H and O–H groups in total. The normalized spacial score (nSPS) is 29.3. The lowest BCUT2D eigenvalue weighted by Gasteiger charge is -2.35. The number of hydrogen-bond acceptors (Lipinski definition) is 4. The van der Waals surface area contributed by atoms with Gasteiger partial charge in [-0.05, 0) is 26.8 Å². The summed E-state index contributed by atoms with van der Waals surface area (Å²) in [5.41, 5.74) is -0.870. The Morgan fingerprint density at radius 3 is 2.73 bits per heavy atom. The van der Waals surface area contributed by atoms with Crippen LogP contribution in [0, 0.1) is 0 Å². The van der Waals surface area contributed by atoms with Crippen molar-refractivity contribution in [2.24, 2.45) is 0 Å². The topological polar surface area (TPSA) is 69.6 Å². The second-order valence-electron chi connectivity index (χ2n) is 4.35. The van der Waals surface area contributed by atoms with Crippen molar-refractivity contribution in [3.63, 3.8) is 0 Å². The fraction of sp³-hybridized carbons (Fsp3) is 1.00. The second-order valence-corrected chi connectivity index (χ2v) is 6.44. The van der Waals surface area contributed by atoms with Crippen LogP contribution in [-0.4, -0.2) is 55.9 Å². The molecule has 0 radical (unpaired) electrons. The lowest BCUT2D eigenvalue weighted by molar-refractivity contribution is 0.00942. The number of nitrogens with one attached hydrogen (secondary N) is 1. The number of aliphatic hydroxyl groups is 1. The van der Waals surface area contributed by atoms with Crippen molar-refractivity contribution in [3.8, 4) is 0 Å². The van der Waals surface area contributed by atoms with E-state index in [9.17, 15) is 13.5 Å². The first-order chi connectivity index (χ1) is 6.87. The third-order valence-corrected chi connectivity index (χ3v) is 4.46. The Labute approximate surface area is 91.5 Å². The average Bonchev–Trinajstić information content (AvgIpc) is 2.13. The molecule has 0 saturated carbocycles. The van der Waals surface area contributed by atoms with Crippen molar-refractivity contribution in [2.45, 2.75) is 25.4 Å². The van der Waals surface area contributed by atoms with Crippen LogP contribution in [0.3, 0.4) is 0 Å². The maximum absolute atomic E-state index is 11.8. The molecule has 0 aliphatic carbocycles. The smallest absolute Gasteiger partial charge is 0.215 e. The fourth-order valence-corrected chi connectivity index (χ4v) is 3.37. The summed E-state index contributed by atoms with van der Waals surface area (Å²) in [6.07, 6.45) is 1.40. The molecule has 1 heterocycles. The van der Waals surface area contributed by atoms with Gasteiger partial charge in [-0.15, -0.1) is 0 Å². The van der Waals surface area contributed by atoms with E-state index in [2.05, 4.69) is 5.32 Å². The molecule has 1 saturated heterocycles. The molecule has 0 aromatic heterocycles. The number of hydrogen-bond donors (Lipinski definition) is 2. The second kappa shape index (κ2) is 4.78. The molecule has 1 unspecified atom stereocenters. The molecule has 0 aromatic rings. The highest BCUT2D eigenvalue weighted by Crippen LogP contribution is 2.22. The summed E-state index contributed by atoms with van der Waals surface area (Å²) in [4.78, 5) is 0. The van der Waals surface area contributed by atoms with E-state index in [-0.39, 0.29) is 12.3 Å². The molecule has 0 amide bonds. The third kappa shape index (κ3) is 3.71. The van der Waals surface area contributed by atoms with Gasteiger partial charge in [-0.1, -0.05) is 0 Å². The number of piperidine rings is 1. The molecule has 0 spiro atoms. The first-order valence-electron chi connectivity index (χ1n) is 5.22. The molecule has 1 aliphatic rings. The number of sulfonamides is 1. The van der Waals surface area contributed by atoms with Crippen molar-refractivity contribution in [2.75, 3.05) is 32.4 Å². The van der Waals surface area contributed by atoms with Gasteiger partial charge in [0.2, 0.25) is 10.0 Å². The van der Waals surface area contributed by atoms with Crippen LogP contribution in [0.5, 0.6) is 0 Å². The summed E-state index contributed by atoms with van der Waals surface area (Å²) in [5, 5.41) is 12.6. The Balaban J connectivity index is 2.63. The highest BCUT2D eigenvalue weighted by molar-refractivity contribution is 7.89. The molecule has 5 nitrogen and oxygen atoms in total. The minimum absolute atomic E-state index is 0.0968. The number of β-amino-alcohol motifs (C(OH)–C–C–N with tert-alkyl or cyclic N) is 1. The maximum atomic E-state index is 11.8. The Bertz CT molecular complexity index is 300. The van der Waals surface area contributed by atoms with Gasteiger partial charge in [0, 0.05) is 19.6 Å². The van der Waals surface area contributed by atoms with Gasteiger partial charge in [0.15, 0.2) is 0 Å². The zero-order valence-electron chi connectivity index (χ0n) is 9.36. The van der Waals surface area contributed by atoms with Gasteiger partial charge in [0.25, 0.3) is 0 Å². The van der Waals surface area contributed by atoms with Gasteiger partial charge < -0.3 is 10.4 Å². The predicted molar refractivity (Wildman–Crippen MR) is 59.1 cm³/mol. The van der Waals surface area contributed by atoms with Crippen LogP contribution >= 0.6 is 0 Å². The standard InChI is InChI=1S/C9H20N2O3S/c1-9(12)4-3-6-11(8-9)15(13,14)7-5-10-2/h10,12H,3-8H2,1-2H3. The SMILES string of the molecule is CNCCS(=O)(=O)N1CCCC(C)(O)C1. The highest BCUT2D eigenvalue weighted by atomic mass is 32.2. The molecule has 15 heavy (non-hydrogen) atoms. The highest BCUT2D eigenvalue weighted by Gasteiger charge is 2.34. The van der Waals surface area contributed by atoms with E-state index < -0.39 is 15.6 Å². The summed E-state index contributed by atoms with van der Waals surface area (Å²) < 4.78 is 25.0. The van der Waals surface area contributed by atoms with Crippen LogP contribution in [-0.2, 0) is 10.0 Å². The molecule has 0 bridgehead atoms. The fourth-order valence-electron chi connectivity index (χ4n) is 1.77. The molecule has 1 atom stereocenters. The summed E-state index contributed by atoms with van der Waals surface area (Å²) in [5.74, 6) is 0.0968. The molecule has 1 fully saturated rings. The van der Waals surface area contributed by atoms with Crippen molar-refractivity contribution in [3.05, 3.63) is 0 Å². The van der Waals surface area contributed by atoms with E-state index in [0.717, 1.165) is 6.42 Å². The van der Waals surface area contributed by atoms with E-state index in [4.69, 9.17) is 0 Å². The van der Waals surface area contributed by atoms with E-state index in [1.54, 1.807) is 14.0 Å². The third-order valence-electron chi connectivity index (χ3n) is 2.64. The average molecular weight is 236 g/mol. The Morgan fingerprint density at radius 2 is 2.20 bits per heavy atom. The van der Waals surface area contributed by atoms with Gasteiger partial charge in [-0.3, -0.25) is 0 Å². The molecule has 1 aliphatic heterocycles. The molecule has 1 rings (SSSR count). The largest absolute Gasteiger partial charge is 0.389 e. The minimum atomic E-state index is -3.21. The van der Waals surface area contributed by atoms with Crippen molar-refractivity contribution in [1.29, 1.82) is 0 Å². The van der Waals surface area contributed by atoms with Gasteiger partial charge in [-0.2, -0.15) is 4.31 Å². The van der Waals surface area contributed by atoms with Crippen molar-refractivity contribution >= 4 is 10.0 Å². The first-order valence-corrected chi connectivity index (χ1v) is 6.83. The number of rotatable bonds is 4. The van der Waals surface area contributed by atoms with Crippen molar-refractivity contribution in [1.82, 2.24) is 9.62 Å². The lowest BCUT2D eigenvalue weighted by atomic mass is 9.97. The zero-order valence-corrected chi connectivity index (χ0v) is 10.2. The Morgan fingerprint density at radius 1 is 1.53 bits per heavy atom. The van der Waals surface area contributed by atoms with Crippen LogP contribution in [0.1, 0.15) is 19.8 Å². The molecular formula is C9H20N2O3S. The first kappa shape index (κ1) is 12.9. The minimum Gasteiger partial charge on any atom is -0.389 e. The van der Waals surface area contributed by atoms with Gasteiger partial charge >= 0.3 is 0 Å². The lowest BCUT2D eigenvalue weighted by Crippen LogP contribution is -2.49. The van der Waals surface area contributed by atoms with Crippen LogP contribution in [0.25, 0.3) is 0 Å². The quantitative estimate of drug-likeness (QED) is 0.683. The Hall–Kier alpha value is -0.170. The van der Waals surface area contributed by atoms with Crippen molar-refractivity contribution < 1.29 is 13.5 Å². The monoisotopic (exact) mass is 236 g/mol. The van der Waals surface area contributed by atoms with Crippen LogP contribution in [0.4, 0.5) is 0 Å². The summed E-state index contributed by atoms with van der Waals surface area (Å²) in [7, 11) is -1.48. The van der Waals surface area contributed by atoms with E-state index in [1.807, 2.05) is 0 Å². The molecule has 0 aromatic carbocycles. The molecular weight excluding hydrogens is 216 g/mol. The number of nitrogens with zero attached hydrogens (tertiary/aromatic N) is 1. The zero-order chi connectivity index (χ0) is 11.5. The predicted octanol–water partition coefficient (Wildman–Crippen LogP) is -0.618. The summed E-state index contributed by atoms with van der Waals surface area (Å²) in [6.45, 7) is 2.88. The van der Waals surface area contributed by atoms with Crippen LogP contribution in [0.2, 0.25) is 0 Å². The van der Waals surface area contributed by atoms with E-state index >= 15 is 0 Å². The van der Waals surface area contributed by atoms with E-state index in [0.29, 0.717) is 19.5 Å². The van der Waals surface area contributed by atoms with Crippen LogP contribution in [0.15, 0.2) is 0 Å². The summed E-state index contributed by atoms with van der Waals surface area (Å²) in [6, 6.07) is 0.